The van der Waals surface area contributed by atoms with Gasteiger partial charge < -0.3 is 15.4 Å². The van der Waals surface area contributed by atoms with Gasteiger partial charge in [0.05, 0.1) is 25.3 Å². The van der Waals surface area contributed by atoms with Crippen LogP contribution < -0.4 is 10.6 Å². The molecule has 0 spiro atoms. The number of rotatable bonds is 2. The Hall–Kier alpha value is -1.39. The molecule has 0 aromatic heterocycles. The van der Waals surface area contributed by atoms with Gasteiger partial charge in [0.25, 0.3) is 0 Å². The van der Waals surface area contributed by atoms with Gasteiger partial charge in [0.15, 0.2) is 0 Å². The quantitative estimate of drug-likeness (QED) is 0.766. The molecule has 0 unspecified atom stereocenters. The van der Waals surface area contributed by atoms with E-state index in [-0.39, 0.29) is 18.0 Å². The van der Waals surface area contributed by atoms with Crippen LogP contribution in [0.15, 0.2) is 24.3 Å². The van der Waals surface area contributed by atoms with Gasteiger partial charge in [0, 0.05) is 6.54 Å². The van der Waals surface area contributed by atoms with Crippen molar-refractivity contribution in [1.82, 2.24) is 10.6 Å². The Kier molecular flexibility index (Phi) is 2.82. The van der Waals surface area contributed by atoms with E-state index >= 15 is 0 Å². The second kappa shape index (κ2) is 4.47. The smallest absolute Gasteiger partial charge is 0.237 e. The maximum absolute atomic E-state index is 12.0. The first kappa shape index (κ1) is 10.7. The van der Waals surface area contributed by atoms with Crippen LogP contribution in [0.25, 0.3) is 0 Å². The lowest BCUT2D eigenvalue weighted by atomic mass is 9.95. The summed E-state index contributed by atoms with van der Waals surface area (Å²) in [4.78, 5) is 12.0. The number of benzene rings is 1. The Morgan fingerprint density at radius 1 is 1.29 bits per heavy atom. The fourth-order valence-corrected chi connectivity index (χ4v) is 2.26. The van der Waals surface area contributed by atoms with Gasteiger partial charge in [-0.1, -0.05) is 24.3 Å². The van der Waals surface area contributed by atoms with Crippen molar-refractivity contribution < 1.29 is 9.53 Å². The molecule has 1 amide bonds. The van der Waals surface area contributed by atoms with E-state index in [1.807, 2.05) is 12.1 Å². The lowest BCUT2D eigenvalue weighted by molar-refractivity contribution is -0.127. The standard InChI is InChI=1S/C13H16N2O2/c16-13(15-11-7-17-8-11)12-5-9-3-1-2-4-10(9)6-14-12/h1-4,11-12,14H,5-8H2,(H,15,16)/t12-/m1/s1. The zero-order valence-electron chi connectivity index (χ0n) is 9.61. The lowest BCUT2D eigenvalue weighted by Crippen LogP contribution is -2.55. The van der Waals surface area contributed by atoms with Crippen molar-refractivity contribution in [3.63, 3.8) is 0 Å². The highest BCUT2D eigenvalue weighted by Gasteiger charge is 2.27. The van der Waals surface area contributed by atoms with Gasteiger partial charge in [0.2, 0.25) is 5.91 Å². The second-order valence-electron chi connectivity index (χ2n) is 4.65. The molecule has 1 fully saturated rings. The highest BCUT2D eigenvalue weighted by atomic mass is 16.5. The van der Waals surface area contributed by atoms with Crippen molar-refractivity contribution in [2.24, 2.45) is 0 Å². The first-order chi connectivity index (χ1) is 8.33. The summed E-state index contributed by atoms with van der Waals surface area (Å²) in [6.45, 7) is 2.07. The molecule has 0 bridgehead atoms. The third-order valence-electron chi connectivity index (χ3n) is 3.38. The van der Waals surface area contributed by atoms with Crippen molar-refractivity contribution in [2.45, 2.75) is 25.0 Å². The Labute approximate surface area is 100 Å². The first-order valence-electron chi connectivity index (χ1n) is 6.01. The van der Waals surface area contributed by atoms with Gasteiger partial charge in [-0.05, 0) is 17.5 Å². The molecule has 2 heterocycles. The van der Waals surface area contributed by atoms with Crippen molar-refractivity contribution >= 4 is 5.91 Å². The molecule has 0 aliphatic carbocycles. The van der Waals surface area contributed by atoms with Crippen molar-refractivity contribution in [3.8, 4) is 0 Å². The van der Waals surface area contributed by atoms with Crippen LogP contribution in [0.2, 0.25) is 0 Å². The molecule has 1 atom stereocenters. The molecule has 4 heteroatoms. The summed E-state index contributed by atoms with van der Waals surface area (Å²) < 4.78 is 5.04. The predicted octanol–water partition coefficient (Wildman–Crippen LogP) is 0.216. The molecule has 2 aliphatic rings. The van der Waals surface area contributed by atoms with Gasteiger partial charge in [-0.3, -0.25) is 4.79 Å². The molecule has 0 radical (unpaired) electrons. The summed E-state index contributed by atoms with van der Waals surface area (Å²) in [5.74, 6) is 0.0906. The Morgan fingerprint density at radius 3 is 2.76 bits per heavy atom. The van der Waals surface area contributed by atoms with Crippen LogP contribution in [0.3, 0.4) is 0 Å². The average Bonchev–Trinajstić information content (AvgIpc) is 2.33. The van der Waals surface area contributed by atoms with E-state index in [2.05, 4.69) is 22.8 Å². The molecule has 0 saturated carbocycles. The van der Waals surface area contributed by atoms with Crippen LogP contribution in [-0.4, -0.2) is 31.2 Å². The van der Waals surface area contributed by atoms with E-state index in [4.69, 9.17) is 4.74 Å². The summed E-state index contributed by atoms with van der Waals surface area (Å²) in [5.41, 5.74) is 2.57. The third-order valence-corrected chi connectivity index (χ3v) is 3.38. The van der Waals surface area contributed by atoms with Crippen LogP contribution in [0.1, 0.15) is 11.1 Å². The minimum atomic E-state index is -0.106. The number of fused-ring (bicyclic) bond motifs is 1. The zero-order chi connectivity index (χ0) is 11.7. The third kappa shape index (κ3) is 2.18. The molecule has 1 saturated heterocycles. The van der Waals surface area contributed by atoms with Crippen molar-refractivity contribution in [1.29, 1.82) is 0 Å². The molecule has 17 heavy (non-hydrogen) atoms. The van der Waals surface area contributed by atoms with Crippen LogP contribution >= 0.6 is 0 Å². The maximum atomic E-state index is 12.0. The molecule has 3 rings (SSSR count). The minimum absolute atomic E-state index is 0.0906. The number of hydrogen-bond donors (Lipinski definition) is 2. The van der Waals surface area contributed by atoms with Crippen LogP contribution in [0.4, 0.5) is 0 Å². The highest BCUT2D eigenvalue weighted by molar-refractivity contribution is 5.82. The number of carbonyl (C=O) groups excluding carboxylic acids is 1. The zero-order valence-corrected chi connectivity index (χ0v) is 9.61. The van der Waals surface area contributed by atoms with Gasteiger partial charge in [0.1, 0.15) is 0 Å². The molecule has 1 aromatic carbocycles. The van der Waals surface area contributed by atoms with Crippen molar-refractivity contribution in [3.05, 3.63) is 35.4 Å². The Morgan fingerprint density at radius 2 is 2.06 bits per heavy atom. The number of hydrogen-bond acceptors (Lipinski definition) is 3. The normalized spacial score (nSPS) is 23.6. The maximum Gasteiger partial charge on any atom is 0.237 e. The van der Waals surface area contributed by atoms with E-state index in [1.165, 1.54) is 11.1 Å². The molecule has 1 aromatic rings. The predicted molar refractivity (Wildman–Crippen MR) is 63.5 cm³/mol. The van der Waals surface area contributed by atoms with Crippen LogP contribution in [0, 0.1) is 0 Å². The van der Waals surface area contributed by atoms with Crippen molar-refractivity contribution in [2.75, 3.05) is 13.2 Å². The molecule has 90 valence electrons. The van der Waals surface area contributed by atoms with E-state index in [0.29, 0.717) is 13.2 Å². The summed E-state index contributed by atoms with van der Waals surface area (Å²) >= 11 is 0. The number of nitrogens with one attached hydrogen (secondary N) is 2. The number of amides is 1. The summed E-state index contributed by atoms with van der Waals surface area (Å²) in [6.07, 6.45) is 0.773. The minimum Gasteiger partial charge on any atom is -0.377 e. The fraction of sp³-hybridized carbons (Fsp3) is 0.462. The van der Waals surface area contributed by atoms with E-state index < -0.39 is 0 Å². The number of ether oxygens (including phenoxy) is 1. The number of carbonyl (C=O) groups is 1. The van der Waals surface area contributed by atoms with Crippen LogP contribution in [-0.2, 0) is 22.5 Å². The molecular weight excluding hydrogens is 216 g/mol. The lowest BCUT2D eigenvalue weighted by Gasteiger charge is -2.31. The van der Waals surface area contributed by atoms with E-state index in [9.17, 15) is 4.79 Å². The van der Waals surface area contributed by atoms with Gasteiger partial charge in [-0.15, -0.1) is 0 Å². The fourth-order valence-electron chi connectivity index (χ4n) is 2.26. The summed E-state index contributed by atoms with van der Waals surface area (Å²) in [6, 6.07) is 8.37. The van der Waals surface area contributed by atoms with Gasteiger partial charge >= 0.3 is 0 Å². The van der Waals surface area contributed by atoms with E-state index in [1.54, 1.807) is 0 Å². The first-order valence-corrected chi connectivity index (χ1v) is 6.01. The molecule has 2 N–H and O–H groups in total. The van der Waals surface area contributed by atoms with Gasteiger partial charge in [-0.25, -0.2) is 0 Å². The molecular formula is C13H16N2O2. The highest BCUT2D eigenvalue weighted by Crippen LogP contribution is 2.16. The summed E-state index contributed by atoms with van der Waals surface area (Å²) in [5, 5.41) is 6.27. The Bertz CT molecular complexity index is 429. The van der Waals surface area contributed by atoms with Gasteiger partial charge in [-0.2, -0.15) is 0 Å². The SMILES string of the molecule is O=C(NC1COC1)[C@H]1Cc2ccccc2CN1. The second-order valence-corrected chi connectivity index (χ2v) is 4.65. The summed E-state index contributed by atoms with van der Waals surface area (Å²) in [7, 11) is 0. The molecule has 4 nitrogen and oxygen atoms in total. The monoisotopic (exact) mass is 232 g/mol. The van der Waals surface area contributed by atoms with Crippen LogP contribution in [0.5, 0.6) is 0 Å². The average molecular weight is 232 g/mol. The largest absolute Gasteiger partial charge is 0.377 e. The molecule has 2 aliphatic heterocycles. The topological polar surface area (TPSA) is 50.4 Å². The Balaban J connectivity index is 1.64. The van der Waals surface area contributed by atoms with E-state index in [0.717, 1.165) is 13.0 Å².